The molecule has 2 rings (SSSR count). The molecule has 0 radical (unpaired) electrons. The molecular weight excluding hydrogens is 312 g/mol. The number of rotatable bonds is 14. The van der Waals surface area contributed by atoms with Crippen LogP contribution in [0.1, 0.15) is 45.4 Å². The van der Waals surface area contributed by atoms with Crippen molar-refractivity contribution in [2.75, 3.05) is 33.0 Å². The van der Waals surface area contributed by atoms with Crippen LogP contribution in [0, 0.1) is 0 Å². The number of fused-ring (bicyclic) bond motifs is 1. The summed E-state index contributed by atoms with van der Waals surface area (Å²) in [5.41, 5.74) is 0. The Bertz CT molecular complexity index is 577. The van der Waals surface area contributed by atoms with Crippen LogP contribution in [0.25, 0.3) is 10.8 Å². The highest BCUT2D eigenvalue weighted by molar-refractivity contribution is 5.88. The minimum atomic E-state index is 0.739. The molecule has 2 aromatic carbocycles. The zero-order valence-electron chi connectivity index (χ0n) is 15.5. The van der Waals surface area contributed by atoms with Gasteiger partial charge in [-0.3, -0.25) is 0 Å². The second-order valence-corrected chi connectivity index (χ2v) is 6.32. The first kappa shape index (κ1) is 19.7. The van der Waals surface area contributed by atoms with Gasteiger partial charge in [-0.2, -0.15) is 0 Å². The molecule has 0 spiro atoms. The van der Waals surface area contributed by atoms with Crippen molar-refractivity contribution in [2.45, 2.75) is 45.4 Å². The van der Waals surface area contributed by atoms with Gasteiger partial charge in [0.1, 0.15) is 5.75 Å². The van der Waals surface area contributed by atoms with Gasteiger partial charge in [0.05, 0.1) is 6.61 Å². The highest BCUT2D eigenvalue weighted by Crippen LogP contribution is 2.25. The normalized spacial score (nSPS) is 11.1. The van der Waals surface area contributed by atoms with Crippen LogP contribution in [0.2, 0.25) is 0 Å². The average Bonchev–Trinajstić information content (AvgIpc) is 2.65. The van der Waals surface area contributed by atoms with Crippen LogP contribution in [-0.2, 0) is 9.47 Å². The van der Waals surface area contributed by atoms with E-state index < -0.39 is 0 Å². The first-order valence-electron chi connectivity index (χ1n) is 9.68. The zero-order valence-corrected chi connectivity index (χ0v) is 15.5. The molecule has 0 aromatic heterocycles. The van der Waals surface area contributed by atoms with E-state index in [1.807, 2.05) is 12.1 Å². The molecule has 0 aliphatic carbocycles. The Morgan fingerprint density at radius 2 is 1.24 bits per heavy atom. The number of benzene rings is 2. The summed E-state index contributed by atoms with van der Waals surface area (Å²) in [5, 5.41) is 2.41. The van der Waals surface area contributed by atoms with Crippen molar-refractivity contribution in [2.24, 2.45) is 0 Å². The van der Waals surface area contributed by atoms with Gasteiger partial charge in [-0.1, -0.05) is 49.7 Å². The Morgan fingerprint density at radius 1 is 0.640 bits per heavy atom. The van der Waals surface area contributed by atoms with Crippen molar-refractivity contribution in [3.63, 3.8) is 0 Å². The van der Waals surface area contributed by atoms with Gasteiger partial charge in [0, 0.05) is 31.8 Å². The summed E-state index contributed by atoms with van der Waals surface area (Å²) >= 11 is 0. The monoisotopic (exact) mass is 344 g/mol. The van der Waals surface area contributed by atoms with Gasteiger partial charge in [0.25, 0.3) is 0 Å². The van der Waals surface area contributed by atoms with E-state index in [0.717, 1.165) is 70.9 Å². The predicted octanol–water partition coefficient (Wildman–Crippen LogP) is 5.61. The standard InChI is InChI=1S/C22H32O3/c1-2-3-15-23-16-6-7-17-24-18-8-9-19-25-22-14-10-12-20-11-4-5-13-21(20)22/h4-5,10-14H,2-3,6-9,15-19H2,1H3. The molecule has 3 heteroatoms. The third-order valence-electron chi connectivity index (χ3n) is 4.16. The van der Waals surface area contributed by atoms with Crippen molar-refractivity contribution in [3.8, 4) is 5.75 Å². The Balaban J connectivity index is 1.46. The van der Waals surface area contributed by atoms with Crippen molar-refractivity contribution < 1.29 is 14.2 Å². The molecule has 2 aromatic rings. The zero-order chi connectivity index (χ0) is 17.6. The van der Waals surface area contributed by atoms with E-state index in [-0.39, 0.29) is 0 Å². The lowest BCUT2D eigenvalue weighted by molar-refractivity contribution is 0.0985. The summed E-state index contributed by atoms with van der Waals surface area (Å²) in [4.78, 5) is 0. The maximum atomic E-state index is 5.94. The van der Waals surface area contributed by atoms with E-state index in [9.17, 15) is 0 Å². The molecule has 0 atom stereocenters. The molecule has 0 fully saturated rings. The fourth-order valence-corrected chi connectivity index (χ4v) is 2.67. The molecule has 138 valence electrons. The van der Waals surface area contributed by atoms with Gasteiger partial charge < -0.3 is 14.2 Å². The van der Waals surface area contributed by atoms with Gasteiger partial charge >= 0.3 is 0 Å². The first-order chi connectivity index (χ1) is 12.4. The second kappa shape index (κ2) is 12.7. The lowest BCUT2D eigenvalue weighted by Gasteiger charge is -2.09. The molecular formula is C22H32O3. The lowest BCUT2D eigenvalue weighted by Crippen LogP contribution is -2.03. The molecule has 3 nitrogen and oxygen atoms in total. The molecule has 0 aliphatic rings. The van der Waals surface area contributed by atoms with E-state index in [1.165, 1.54) is 17.2 Å². The molecule has 0 saturated heterocycles. The van der Waals surface area contributed by atoms with E-state index in [1.54, 1.807) is 0 Å². The highest BCUT2D eigenvalue weighted by Gasteiger charge is 2.00. The highest BCUT2D eigenvalue weighted by atomic mass is 16.5. The Morgan fingerprint density at radius 3 is 1.96 bits per heavy atom. The van der Waals surface area contributed by atoms with Gasteiger partial charge in [0.15, 0.2) is 0 Å². The van der Waals surface area contributed by atoms with Crippen molar-refractivity contribution in [1.29, 1.82) is 0 Å². The van der Waals surface area contributed by atoms with Crippen molar-refractivity contribution in [3.05, 3.63) is 42.5 Å². The van der Waals surface area contributed by atoms with Crippen molar-refractivity contribution >= 4 is 10.8 Å². The molecule has 0 bridgehead atoms. The number of ether oxygens (including phenoxy) is 3. The summed E-state index contributed by atoms with van der Waals surface area (Å²) in [6.07, 6.45) is 6.60. The maximum absolute atomic E-state index is 5.94. The first-order valence-corrected chi connectivity index (χ1v) is 9.68. The Kier molecular flexibility index (Phi) is 10.1. The van der Waals surface area contributed by atoms with E-state index in [0.29, 0.717) is 0 Å². The fourth-order valence-electron chi connectivity index (χ4n) is 2.67. The summed E-state index contributed by atoms with van der Waals surface area (Å²) in [5.74, 6) is 0.974. The minimum absolute atomic E-state index is 0.739. The summed E-state index contributed by atoms with van der Waals surface area (Å²) < 4.78 is 17.1. The van der Waals surface area contributed by atoms with Crippen LogP contribution in [0.3, 0.4) is 0 Å². The summed E-state index contributed by atoms with van der Waals surface area (Å²) in [6, 6.07) is 14.5. The van der Waals surface area contributed by atoms with Gasteiger partial charge in [-0.25, -0.2) is 0 Å². The quantitative estimate of drug-likeness (QED) is 0.417. The number of hydrogen-bond acceptors (Lipinski definition) is 3. The number of unbranched alkanes of at least 4 members (excludes halogenated alkanes) is 3. The maximum Gasteiger partial charge on any atom is 0.127 e. The lowest BCUT2D eigenvalue weighted by atomic mass is 10.1. The fraction of sp³-hybridized carbons (Fsp3) is 0.545. The summed E-state index contributed by atoms with van der Waals surface area (Å²) in [7, 11) is 0. The average molecular weight is 344 g/mol. The van der Waals surface area contributed by atoms with E-state index >= 15 is 0 Å². The molecule has 0 saturated carbocycles. The smallest absolute Gasteiger partial charge is 0.127 e. The molecule has 0 aliphatic heterocycles. The van der Waals surface area contributed by atoms with Crippen molar-refractivity contribution in [1.82, 2.24) is 0 Å². The minimum Gasteiger partial charge on any atom is -0.493 e. The molecule has 0 amide bonds. The van der Waals surface area contributed by atoms with E-state index in [4.69, 9.17) is 14.2 Å². The molecule has 0 heterocycles. The van der Waals surface area contributed by atoms with Gasteiger partial charge in [0.2, 0.25) is 0 Å². The van der Waals surface area contributed by atoms with Crippen LogP contribution in [-0.4, -0.2) is 33.0 Å². The topological polar surface area (TPSA) is 27.7 Å². The SMILES string of the molecule is CCCCOCCCCOCCCCOc1cccc2ccccc12. The summed E-state index contributed by atoms with van der Waals surface area (Å²) in [6.45, 7) is 6.33. The van der Waals surface area contributed by atoms with Crippen LogP contribution >= 0.6 is 0 Å². The largest absolute Gasteiger partial charge is 0.493 e. The Labute approximate surface area is 152 Å². The van der Waals surface area contributed by atoms with Crippen LogP contribution in [0.4, 0.5) is 0 Å². The molecule has 0 N–H and O–H groups in total. The predicted molar refractivity (Wildman–Crippen MR) is 104 cm³/mol. The third-order valence-corrected chi connectivity index (χ3v) is 4.16. The Hall–Kier alpha value is -1.58. The third kappa shape index (κ3) is 7.89. The van der Waals surface area contributed by atoms with Crippen LogP contribution in [0.5, 0.6) is 5.75 Å². The van der Waals surface area contributed by atoms with Crippen LogP contribution in [0.15, 0.2) is 42.5 Å². The van der Waals surface area contributed by atoms with Gasteiger partial charge in [-0.05, 0) is 43.6 Å². The number of hydrogen-bond donors (Lipinski definition) is 0. The van der Waals surface area contributed by atoms with Crippen LogP contribution < -0.4 is 4.74 Å². The van der Waals surface area contributed by atoms with Gasteiger partial charge in [-0.15, -0.1) is 0 Å². The second-order valence-electron chi connectivity index (χ2n) is 6.32. The molecule has 0 unspecified atom stereocenters. The van der Waals surface area contributed by atoms with E-state index in [2.05, 4.69) is 37.3 Å². The molecule has 25 heavy (non-hydrogen) atoms.